The minimum Gasteiger partial charge on any atom is -0.502 e. The molecule has 0 aliphatic carbocycles. The molecule has 1 amide bonds. The number of nitrogens with zero attached hydrogens (tertiary/aromatic N) is 2. The second-order valence-electron chi connectivity index (χ2n) is 12.3. The molecule has 0 saturated carbocycles. The number of pyridine rings is 2. The number of nitrogens with two attached hydrogens (primary N) is 1. The molecule has 0 fully saturated rings. The van der Waals surface area contributed by atoms with E-state index < -0.39 is 34.5 Å². The van der Waals surface area contributed by atoms with Gasteiger partial charge in [0.25, 0.3) is 17.0 Å². The largest absolute Gasteiger partial charge is 0.502 e. The zero-order valence-corrected chi connectivity index (χ0v) is 34.0. The number of fused-ring (bicyclic) bond motifs is 2. The molecule has 0 unspecified atom stereocenters. The molecule has 2 heterocycles. The highest BCUT2D eigenvalue weighted by Gasteiger charge is 2.21. The lowest BCUT2D eigenvalue weighted by Gasteiger charge is -2.12. The minimum absolute atomic E-state index is 0. The smallest absolute Gasteiger partial charge is 0.340 e. The number of carboxylic acids is 1. The van der Waals surface area contributed by atoms with Crippen molar-refractivity contribution in [3.63, 3.8) is 0 Å². The summed E-state index contributed by atoms with van der Waals surface area (Å²) in [7, 11) is 3.04. The Labute approximate surface area is 348 Å². The van der Waals surface area contributed by atoms with E-state index in [0.29, 0.717) is 67.8 Å². The summed E-state index contributed by atoms with van der Waals surface area (Å²) in [4.78, 5) is 47.3. The summed E-state index contributed by atoms with van der Waals surface area (Å²) in [5, 5.41) is 34.6. The maximum Gasteiger partial charge on any atom is 0.340 e. The van der Waals surface area contributed by atoms with Crippen LogP contribution in [0.1, 0.15) is 44.7 Å². The maximum absolute atomic E-state index is 12.6. The SMILES string of the molecule is Cl.Cn1c(=O)c(O)c(C(=O)NCCCc2ccc(Cl)c(Cl)c2)c2ccccc21.Cn1c(=O)c(O)c(C(=O)O)c2ccccc21.NCCCc1ccc(Cl)c(Cl)c1. The number of aromatic nitrogens is 2. The second-order valence-corrected chi connectivity index (χ2v) is 13.9. The van der Waals surface area contributed by atoms with E-state index in [9.17, 15) is 29.4 Å². The van der Waals surface area contributed by atoms with Gasteiger partial charge in [-0.2, -0.15) is 0 Å². The molecule has 296 valence electrons. The lowest BCUT2D eigenvalue weighted by molar-refractivity contribution is 0.0695. The number of rotatable bonds is 9. The number of carbonyl (C=O) groups is 2. The number of nitrogens with one attached hydrogen (secondary N) is 1. The van der Waals surface area contributed by atoms with Crippen molar-refractivity contribution in [2.24, 2.45) is 19.8 Å². The van der Waals surface area contributed by atoms with Gasteiger partial charge in [-0.25, -0.2) is 4.79 Å². The van der Waals surface area contributed by atoms with Gasteiger partial charge < -0.3 is 35.5 Å². The Balaban J connectivity index is 0.000000246. The Morgan fingerprint density at radius 3 is 1.54 bits per heavy atom. The molecule has 0 bridgehead atoms. The first-order chi connectivity index (χ1) is 26.2. The van der Waals surface area contributed by atoms with Crippen LogP contribution in [0.5, 0.6) is 11.5 Å². The van der Waals surface area contributed by atoms with Crippen LogP contribution in [0, 0.1) is 0 Å². The number of benzene rings is 4. The molecule has 16 heteroatoms. The van der Waals surface area contributed by atoms with E-state index in [1.54, 1.807) is 67.7 Å². The molecule has 4 aromatic carbocycles. The first-order valence-corrected chi connectivity index (χ1v) is 18.4. The van der Waals surface area contributed by atoms with Gasteiger partial charge >= 0.3 is 5.97 Å². The molecule has 6 aromatic rings. The van der Waals surface area contributed by atoms with E-state index in [4.69, 9.17) is 57.2 Å². The Kier molecular flexibility index (Phi) is 17.1. The van der Waals surface area contributed by atoms with Crippen molar-refractivity contribution in [2.75, 3.05) is 13.1 Å². The first-order valence-electron chi connectivity index (χ1n) is 16.9. The van der Waals surface area contributed by atoms with Crippen LogP contribution in [0.15, 0.2) is 94.5 Å². The molecule has 6 rings (SSSR count). The van der Waals surface area contributed by atoms with Gasteiger partial charge in [0.1, 0.15) is 5.56 Å². The molecular weight excluding hydrogens is 826 g/mol. The van der Waals surface area contributed by atoms with Crippen molar-refractivity contribution in [3.8, 4) is 11.5 Å². The molecule has 6 N–H and O–H groups in total. The minimum atomic E-state index is -1.31. The summed E-state index contributed by atoms with van der Waals surface area (Å²) in [5.41, 5.74) is 6.99. The molecule has 0 aliphatic rings. The van der Waals surface area contributed by atoms with Crippen molar-refractivity contribution in [2.45, 2.75) is 25.7 Å². The molecule has 0 atom stereocenters. The number of carboxylic acid groups (broad SMARTS) is 1. The third kappa shape index (κ3) is 11.0. The van der Waals surface area contributed by atoms with Crippen LogP contribution in [0.25, 0.3) is 21.8 Å². The van der Waals surface area contributed by atoms with Gasteiger partial charge in [0, 0.05) is 31.4 Å². The number of amides is 1. The standard InChI is InChI=1S/C20H18Cl2N2O3.C11H9NO4.C9H11Cl2N.ClH/c1-24-16-7-3-2-6-13(16)17(18(25)20(24)27)19(26)23-10-4-5-12-8-9-14(21)15(22)11-12;1-12-7-5-3-2-4-6(7)8(11(15)16)9(13)10(12)14;10-8-4-3-7(2-1-5-12)6-9(8)11;/h2-3,6-9,11,25H,4-5,10H2,1H3,(H,23,26);2-5,13H,1H3,(H,15,16);3-4,6H,1-2,5,12H2;1H. The summed E-state index contributed by atoms with van der Waals surface area (Å²) in [6.07, 6.45) is 3.33. The number of hydrogen-bond acceptors (Lipinski definition) is 7. The zero-order chi connectivity index (χ0) is 40.4. The van der Waals surface area contributed by atoms with Gasteiger partial charge in [-0.1, -0.05) is 94.9 Å². The molecule has 0 radical (unpaired) electrons. The first kappa shape index (κ1) is 45.6. The van der Waals surface area contributed by atoms with Gasteiger partial charge in [-0.15, -0.1) is 12.4 Å². The lowest BCUT2D eigenvalue weighted by Crippen LogP contribution is -2.28. The third-order valence-electron chi connectivity index (χ3n) is 8.56. The number of carbonyl (C=O) groups excluding carboxylic acids is 1. The van der Waals surface area contributed by atoms with Crippen molar-refractivity contribution in [3.05, 3.63) is 148 Å². The molecule has 0 aliphatic heterocycles. The Bertz CT molecular complexity index is 2490. The average molecular weight is 865 g/mol. The second kappa shape index (κ2) is 21.0. The van der Waals surface area contributed by atoms with Gasteiger partial charge in [0.2, 0.25) is 0 Å². The van der Waals surface area contributed by atoms with Crippen LogP contribution in [0.4, 0.5) is 0 Å². The fraction of sp³-hybridized carbons (Fsp3) is 0.200. The van der Waals surface area contributed by atoms with E-state index >= 15 is 0 Å². The number of para-hydroxylation sites is 2. The lowest BCUT2D eigenvalue weighted by atomic mass is 10.1. The van der Waals surface area contributed by atoms with Crippen molar-refractivity contribution >= 4 is 92.5 Å². The van der Waals surface area contributed by atoms with Crippen LogP contribution < -0.4 is 22.2 Å². The molecule has 2 aromatic heterocycles. The molecular formula is C40H39Cl5N4O7. The third-order valence-corrected chi connectivity index (χ3v) is 10.0. The summed E-state index contributed by atoms with van der Waals surface area (Å²) >= 11 is 23.5. The summed E-state index contributed by atoms with van der Waals surface area (Å²) in [5.74, 6) is -3.06. The highest BCUT2D eigenvalue weighted by molar-refractivity contribution is 6.42. The summed E-state index contributed by atoms with van der Waals surface area (Å²) in [6, 6.07) is 24.6. The van der Waals surface area contributed by atoms with E-state index in [1.165, 1.54) is 21.7 Å². The van der Waals surface area contributed by atoms with Crippen LogP contribution in [-0.4, -0.2) is 49.4 Å². The van der Waals surface area contributed by atoms with E-state index in [0.717, 1.165) is 18.4 Å². The Morgan fingerprint density at radius 1 is 0.661 bits per heavy atom. The van der Waals surface area contributed by atoms with Crippen molar-refractivity contribution in [1.29, 1.82) is 0 Å². The highest BCUT2D eigenvalue weighted by atomic mass is 35.5. The summed E-state index contributed by atoms with van der Waals surface area (Å²) < 4.78 is 2.54. The molecule has 0 spiro atoms. The highest BCUT2D eigenvalue weighted by Crippen LogP contribution is 2.26. The van der Waals surface area contributed by atoms with Crippen LogP contribution in [-0.2, 0) is 26.9 Å². The number of aromatic hydroxyl groups is 2. The molecule has 11 nitrogen and oxygen atoms in total. The van der Waals surface area contributed by atoms with Gasteiger partial charge in [0.15, 0.2) is 11.5 Å². The molecule has 56 heavy (non-hydrogen) atoms. The van der Waals surface area contributed by atoms with E-state index in [2.05, 4.69) is 5.32 Å². The van der Waals surface area contributed by atoms with Crippen LogP contribution in [0.3, 0.4) is 0 Å². The molecule has 0 saturated heterocycles. The van der Waals surface area contributed by atoms with Crippen LogP contribution >= 0.6 is 58.8 Å². The number of halogens is 5. The number of aryl methyl sites for hydroxylation is 4. The maximum atomic E-state index is 12.6. The fourth-order valence-electron chi connectivity index (χ4n) is 5.69. The topological polar surface area (TPSA) is 177 Å². The summed E-state index contributed by atoms with van der Waals surface area (Å²) in [6.45, 7) is 1.10. The van der Waals surface area contributed by atoms with E-state index in [-0.39, 0.29) is 23.5 Å². The van der Waals surface area contributed by atoms with Gasteiger partial charge in [0.05, 0.1) is 36.7 Å². The quantitative estimate of drug-likeness (QED) is 0.0905. The van der Waals surface area contributed by atoms with Gasteiger partial charge in [-0.05, 0) is 79.8 Å². The van der Waals surface area contributed by atoms with E-state index in [1.807, 2.05) is 24.3 Å². The monoisotopic (exact) mass is 862 g/mol. The zero-order valence-electron chi connectivity index (χ0n) is 30.2. The predicted molar refractivity (Wildman–Crippen MR) is 227 cm³/mol. The van der Waals surface area contributed by atoms with Crippen molar-refractivity contribution in [1.82, 2.24) is 14.5 Å². The Hall–Kier alpha value is -4.75. The van der Waals surface area contributed by atoms with Gasteiger partial charge in [-0.3, -0.25) is 14.4 Å². The average Bonchev–Trinajstić information content (AvgIpc) is 3.17. The fourth-order valence-corrected chi connectivity index (χ4v) is 6.33. The Morgan fingerprint density at radius 2 is 1.09 bits per heavy atom. The number of aromatic carboxylic acids is 1. The van der Waals surface area contributed by atoms with Crippen molar-refractivity contribution < 1.29 is 24.9 Å². The number of hydrogen-bond donors (Lipinski definition) is 5. The predicted octanol–water partition coefficient (Wildman–Crippen LogP) is 8.16. The normalized spacial score (nSPS) is 10.5. The van der Waals surface area contributed by atoms with Crippen LogP contribution in [0.2, 0.25) is 20.1 Å².